The minimum absolute atomic E-state index is 0.107. The summed E-state index contributed by atoms with van der Waals surface area (Å²) >= 11 is 0. The number of carbonyl (C=O) groups excluding carboxylic acids is 1. The van der Waals surface area contributed by atoms with Crippen LogP contribution in [0.25, 0.3) is 0 Å². The van der Waals surface area contributed by atoms with E-state index in [1.54, 1.807) is 7.11 Å². The standard InChI is InChI=1S/C16H26O4/c1-18-16(5-2-3-6-16)14(17)13-4-9-20-15(12-13)7-10-19-11-8-15/h13H,2-12H2,1H3. The smallest absolute Gasteiger partial charge is 0.167 e. The van der Waals surface area contributed by atoms with E-state index in [-0.39, 0.29) is 11.5 Å². The second kappa shape index (κ2) is 5.74. The van der Waals surface area contributed by atoms with E-state index in [1.165, 1.54) is 0 Å². The Hall–Kier alpha value is -0.450. The summed E-state index contributed by atoms with van der Waals surface area (Å²) in [6.07, 6.45) is 7.59. The zero-order chi connectivity index (χ0) is 14.1. The molecule has 4 nitrogen and oxygen atoms in total. The lowest BCUT2D eigenvalue weighted by atomic mass is 9.75. The van der Waals surface area contributed by atoms with E-state index < -0.39 is 5.60 Å². The average Bonchev–Trinajstić information content (AvgIpc) is 2.97. The van der Waals surface area contributed by atoms with E-state index in [4.69, 9.17) is 14.2 Å². The molecule has 0 radical (unpaired) electrons. The summed E-state index contributed by atoms with van der Waals surface area (Å²) in [4.78, 5) is 13.0. The molecule has 3 fully saturated rings. The monoisotopic (exact) mass is 282 g/mol. The number of Topliss-reactive ketones (excluding diaryl/α,β-unsaturated/α-hetero) is 1. The molecule has 0 amide bonds. The highest BCUT2D eigenvalue weighted by atomic mass is 16.5. The first-order valence-electron chi connectivity index (χ1n) is 8.01. The van der Waals surface area contributed by atoms with E-state index >= 15 is 0 Å². The second-order valence-electron chi connectivity index (χ2n) is 6.60. The molecule has 1 unspecified atom stereocenters. The van der Waals surface area contributed by atoms with Crippen molar-refractivity contribution in [3.63, 3.8) is 0 Å². The Morgan fingerprint density at radius 2 is 1.80 bits per heavy atom. The van der Waals surface area contributed by atoms with Crippen molar-refractivity contribution in [2.75, 3.05) is 26.9 Å². The zero-order valence-corrected chi connectivity index (χ0v) is 12.5. The SMILES string of the molecule is COC1(C(=O)C2CCOC3(CCOCC3)C2)CCCC1. The minimum Gasteiger partial charge on any atom is -0.381 e. The number of rotatable bonds is 3. The molecular weight excluding hydrogens is 256 g/mol. The molecule has 3 rings (SSSR count). The van der Waals surface area contributed by atoms with Crippen molar-refractivity contribution in [2.45, 2.75) is 62.6 Å². The van der Waals surface area contributed by atoms with Gasteiger partial charge in [0.25, 0.3) is 0 Å². The largest absolute Gasteiger partial charge is 0.381 e. The maximum absolute atomic E-state index is 13.0. The lowest BCUT2D eigenvalue weighted by molar-refractivity contribution is -0.168. The van der Waals surface area contributed by atoms with E-state index in [1.807, 2.05) is 0 Å². The van der Waals surface area contributed by atoms with Crippen molar-refractivity contribution < 1.29 is 19.0 Å². The van der Waals surface area contributed by atoms with Gasteiger partial charge in [0.2, 0.25) is 0 Å². The van der Waals surface area contributed by atoms with Gasteiger partial charge >= 0.3 is 0 Å². The van der Waals surface area contributed by atoms with Crippen molar-refractivity contribution >= 4 is 5.78 Å². The molecule has 1 aliphatic carbocycles. The molecule has 0 aromatic carbocycles. The molecule has 0 aromatic heterocycles. The highest BCUT2D eigenvalue weighted by Crippen LogP contribution is 2.42. The third-order valence-electron chi connectivity index (χ3n) is 5.52. The van der Waals surface area contributed by atoms with Crippen molar-refractivity contribution in [1.82, 2.24) is 0 Å². The summed E-state index contributed by atoms with van der Waals surface area (Å²) in [6.45, 7) is 2.23. The Morgan fingerprint density at radius 1 is 1.10 bits per heavy atom. The second-order valence-corrected chi connectivity index (χ2v) is 6.60. The number of hydrogen-bond donors (Lipinski definition) is 0. The van der Waals surface area contributed by atoms with Crippen molar-refractivity contribution in [3.05, 3.63) is 0 Å². The van der Waals surface area contributed by atoms with E-state index in [2.05, 4.69) is 0 Å². The van der Waals surface area contributed by atoms with Crippen molar-refractivity contribution in [3.8, 4) is 0 Å². The van der Waals surface area contributed by atoms with Crippen molar-refractivity contribution in [2.24, 2.45) is 5.92 Å². The van der Waals surface area contributed by atoms with Crippen LogP contribution in [0.3, 0.4) is 0 Å². The van der Waals surface area contributed by atoms with Crippen LogP contribution in [0.2, 0.25) is 0 Å². The Bertz CT molecular complexity index is 348. The van der Waals surface area contributed by atoms with Gasteiger partial charge in [-0.15, -0.1) is 0 Å². The molecule has 2 aliphatic heterocycles. The first-order valence-corrected chi connectivity index (χ1v) is 8.01. The fraction of sp³-hybridized carbons (Fsp3) is 0.938. The predicted octanol–water partition coefficient (Wildman–Crippen LogP) is 2.49. The van der Waals surface area contributed by atoms with Gasteiger partial charge < -0.3 is 14.2 Å². The van der Waals surface area contributed by atoms with Crippen LogP contribution in [0, 0.1) is 5.92 Å². The molecule has 20 heavy (non-hydrogen) atoms. The first kappa shape index (κ1) is 14.5. The van der Waals surface area contributed by atoms with Crippen LogP contribution in [0.15, 0.2) is 0 Å². The Labute approximate surface area is 121 Å². The molecule has 1 spiro atoms. The van der Waals surface area contributed by atoms with Gasteiger partial charge in [-0.05, 0) is 51.4 Å². The van der Waals surface area contributed by atoms with Gasteiger partial charge in [-0.2, -0.15) is 0 Å². The normalized spacial score (nSPS) is 32.4. The van der Waals surface area contributed by atoms with Gasteiger partial charge in [0.1, 0.15) is 5.60 Å². The molecule has 1 atom stereocenters. The molecular formula is C16H26O4. The summed E-state index contributed by atoms with van der Waals surface area (Å²) in [5.74, 6) is 0.451. The van der Waals surface area contributed by atoms with Gasteiger partial charge in [-0.25, -0.2) is 0 Å². The molecule has 0 bridgehead atoms. The summed E-state index contributed by atoms with van der Waals surface area (Å²) in [6, 6.07) is 0. The molecule has 2 saturated heterocycles. The first-order chi connectivity index (χ1) is 9.70. The maximum Gasteiger partial charge on any atom is 0.167 e. The number of carbonyl (C=O) groups is 1. The van der Waals surface area contributed by atoms with Crippen LogP contribution in [0.1, 0.15) is 51.4 Å². The van der Waals surface area contributed by atoms with Gasteiger partial charge in [-0.3, -0.25) is 4.79 Å². The average molecular weight is 282 g/mol. The zero-order valence-electron chi connectivity index (χ0n) is 12.5. The molecule has 1 saturated carbocycles. The highest BCUT2D eigenvalue weighted by Gasteiger charge is 2.48. The molecule has 0 N–H and O–H groups in total. The van der Waals surface area contributed by atoms with Crippen LogP contribution in [0.4, 0.5) is 0 Å². The molecule has 3 aliphatic rings. The topological polar surface area (TPSA) is 44.8 Å². The van der Waals surface area contributed by atoms with Gasteiger partial charge in [0, 0.05) is 32.8 Å². The lowest BCUT2D eigenvalue weighted by Crippen LogP contribution is -2.50. The number of methoxy groups -OCH3 is 1. The third-order valence-corrected chi connectivity index (χ3v) is 5.52. The van der Waals surface area contributed by atoms with Gasteiger partial charge in [0.05, 0.1) is 5.60 Å². The van der Waals surface area contributed by atoms with E-state index in [0.717, 1.165) is 64.6 Å². The molecule has 4 heteroatoms. The van der Waals surface area contributed by atoms with Gasteiger partial charge in [0.15, 0.2) is 5.78 Å². The summed E-state index contributed by atoms with van der Waals surface area (Å²) in [7, 11) is 1.70. The summed E-state index contributed by atoms with van der Waals surface area (Å²) in [5.41, 5.74) is -0.598. The molecule has 2 heterocycles. The Morgan fingerprint density at radius 3 is 2.45 bits per heavy atom. The number of ketones is 1. The maximum atomic E-state index is 13.0. The third kappa shape index (κ3) is 2.53. The van der Waals surface area contributed by atoms with Crippen LogP contribution < -0.4 is 0 Å². The lowest BCUT2D eigenvalue weighted by Gasteiger charge is -2.44. The van der Waals surface area contributed by atoms with E-state index in [9.17, 15) is 4.79 Å². The van der Waals surface area contributed by atoms with Crippen LogP contribution in [-0.4, -0.2) is 43.9 Å². The number of hydrogen-bond acceptors (Lipinski definition) is 4. The van der Waals surface area contributed by atoms with Crippen molar-refractivity contribution in [1.29, 1.82) is 0 Å². The minimum atomic E-state index is -0.492. The fourth-order valence-corrected chi connectivity index (χ4v) is 4.21. The fourth-order valence-electron chi connectivity index (χ4n) is 4.21. The van der Waals surface area contributed by atoms with Crippen LogP contribution >= 0.6 is 0 Å². The summed E-state index contributed by atoms with van der Waals surface area (Å²) in [5, 5.41) is 0. The molecule has 114 valence electrons. The Kier molecular flexibility index (Phi) is 4.16. The Balaban J connectivity index is 1.71. The van der Waals surface area contributed by atoms with Gasteiger partial charge in [-0.1, -0.05) is 0 Å². The van der Waals surface area contributed by atoms with E-state index in [0.29, 0.717) is 12.4 Å². The quantitative estimate of drug-likeness (QED) is 0.798. The predicted molar refractivity (Wildman–Crippen MR) is 74.7 cm³/mol. The molecule has 0 aromatic rings. The highest BCUT2D eigenvalue weighted by molar-refractivity contribution is 5.90. The number of ether oxygens (including phenoxy) is 3. The summed E-state index contributed by atoms with van der Waals surface area (Å²) < 4.78 is 17.2. The van der Waals surface area contributed by atoms with Crippen LogP contribution in [-0.2, 0) is 19.0 Å². The van der Waals surface area contributed by atoms with Crippen LogP contribution in [0.5, 0.6) is 0 Å².